The van der Waals surface area contributed by atoms with Crippen molar-refractivity contribution in [2.75, 3.05) is 7.05 Å². The third-order valence-electron chi connectivity index (χ3n) is 4.34. The summed E-state index contributed by atoms with van der Waals surface area (Å²) in [5.41, 5.74) is 1.58. The molecule has 0 radical (unpaired) electrons. The summed E-state index contributed by atoms with van der Waals surface area (Å²) in [6.07, 6.45) is 4.16. The van der Waals surface area contributed by atoms with Gasteiger partial charge in [0.05, 0.1) is 34.2 Å². The third-order valence-corrected chi connectivity index (χ3v) is 6.12. The van der Waals surface area contributed by atoms with Gasteiger partial charge in [-0.2, -0.15) is 23.0 Å². The number of non-ortho nitro benzene ring substituents is 1. The molecule has 2 aromatic heterocycles. The first-order valence-corrected chi connectivity index (χ1v) is 9.99. The van der Waals surface area contributed by atoms with Crippen molar-refractivity contribution in [3.63, 3.8) is 0 Å². The van der Waals surface area contributed by atoms with Crippen LogP contribution in [0.2, 0.25) is 0 Å². The minimum Gasteiger partial charge on any atom is -0.481 e. The summed E-state index contributed by atoms with van der Waals surface area (Å²) in [4.78, 5) is 21.0. The Kier molecular flexibility index (Phi) is 5.52. The van der Waals surface area contributed by atoms with Gasteiger partial charge in [-0.05, 0) is 30.2 Å². The lowest BCUT2D eigenvalue weighted by atomic mass is 10.1. The van der Waals surface area contributed by atoms with Crippen LogP contribution in [0.4, 0.5) is 5.69 Å². The molecule has 0 fully saturated rings. The van der Waals surface area contributed by atoms with Gasteiger partial charge >= 0.3 is 5.97 Å². The molecule has 0 aliphatic heterocycles. The number of benzene rings is 1. The molecular weight excluding hydrogens is 414 g/mol. The number of nitro benzene ring substituents is 1. The molecule has 0 saturated carbocycles. The van der Waals surface area contributed by atoms with E-state index in [4.69, 9.17) is 5.11 Å². The molecule has 0 saturated heterocycles. The summed E-state index contributed by atoms with van der Waals surface area (Å²) >= 11 is 0. The molecule has 156 valence electrons. The van der Waals surface area contributed by atoms with E-state index in [0.717, 1.165) is 6.07 Å². The molecule has 2 heterocycles. The van der Waals surface area contributed by atoms with Crippen molar-refractivity contribution in [3.8, 4) is 0 Å². The number of hydrazone groups is 1. The molecule has 3 rings (SSSR count). The summed E-state index contributed by atoms with van der Waals surface area (Å²) < 4.78 is 27.9. The van der Waals surface area contributed by atoms with Gasteiger partial charge in [0.2, 0.25) is 0 Å². The number of nitro groups is 1. The Balaban J connectivity index is 1.93. The highest BCUT2D eigenvalue weighted by molar-refractivity contribution is 7.89. The summed E-state index contributed by atoms with van der Waals surface area (Å²) in [6.45, 7) is 1.53. The van der Waals surface area contributed by atoms with Crippen molar-refractivity contribution in [2.45, 2.75) is 18.2 Å². The van der Waals surface area contributed by atoms with Gasteiger partial charge < -0.3 is 5.11 Å². The average molecular weight is 431 g/mol. The fourth-order valence-electron chi connectivity index (χ4n) is 2.76. The maximum Gasteiger partial charge on any atom is 0.307 e. The predicted molar refractivity (Wildman–Crippen MR) is 107 cm³/mol. The van der Waals surface area contributed by atoms with E-state index in [-0.39, 0.29) is 17.0 Å². The Morgan fingerprint density at radius 1 is 1.37 bits per heavy atom. The Hall–Kier alpha value is -3.80. The zero-order valence-corrected chi connectivity index (χ0v) is 16.8. The molecule has 11 nitrogen and oxygen atoms in total. The van der Waals surface area contributed by atoms with Crippen LogP contribution in [0.1, 0.15) is 16.7 Å². The maximum atomic E-state index is 12.8. The lowest BCUT2D eigenvalue weighted by Crippen LogP contribution is -2.22. The number of aliphatic carboxylic acids is 1. The molecule has 0 bridgehead atoms. The van der Waals surface area contributed by atoms with E-state index in [2.05, 4.69) is 10.2 Å². The van der Waals surface area contributed by atoms with Gasteiger partial charge in [0.1, 0.15) is 0 Å². The zero-order chi connectivity index (χ0) is 22.1. The second-order valence-corrected chi connectivity index (χ2v) is 8.34. The Bertz CT molecular complexity index is 1280. The van der Waals surface area contributed by atoms with Crippen LogP contribution in [0.5, 0.6) is 0 Å². The van der Waals surface area contributed by atoms with Gasteiger partial charge in [0, 0.05) is 30.9 Å². The Morgan fingerprint density at radius 2 is 2.10 bits per heavy atom. The largest absolute Gasteiger partial charge is 0.481 e. The van der Waals surface area contributed by atoms with Gasteiger partial charge in [0.15, 0.2) is 0 Å². The standard InChI is InChI=1S/C18H17N5O6S/c1-12-3-4-15(23(26)27)9-17(12)30(28,29)21(2)19-10-14-11-20-22-6-5-13(7-16(14)22)8-18(24)25/h3-7,9-11H,8H2,1-2H3,(H,24,25)/b19-10+. The molecule has 0 unspecified atom stereocenters. The molecule has 0 aliphatic rings. The lowest BCUT2D eigenvalue weighted by molar-refractivity contribution is -0.385. The molecule has 1 N–H and O–H groups in total. The monoisotopic (exact) mass is 431 g/mol. The van der Waals surface area contributed by atoms with Crippen LogP contribution in [0.25, 0.3) is 5.52 Å². The molecule has 30 heavy (non-hydrogen) atoms. The van der Waals surface area contributed by atoms with Crippen LogP contribution >= 0.6 is 0 Å². The van der Waals surface area contributed by atoms with Gasteiger partial charge in [-0.15, -0.1) is 0 Å². The molecule has 12 heteroatoms. The number of pyridine rings is 1. The highest BCUT2D eigenvalue weighted by Crippen LogP contribution is 2.24. The number of hydrogen-bond acceptors (Lipinski definition) is 7. The molecule has 3 aromatic rings. The normalized spacial score (nSPS) is 11.8. The SMILES string of the molecule is Cc1ccc([N+](=O)[O-])cc1S(=O)(=O)N(C)/N=C/c1cnn2ccc(CC(=O)O)cc12. The summed E-state index contributed by atoms with van der Waals surface area (Å²) in [5, 5.41) is 28.0. The summed E-state index contributed by atoms with van der Waals surface area (Å²) in [7, 11) is -2.92. The van der Waals surface area contributed by atoms with Crippen LogP contribution in [0.15, 0.2) is 52.7 Å². The topological polar surface area (TPSA) is 147 Å². The van der Waals surface area contributed by atoms with E-state index in [0.29, 0.717) is 26.6 Å². The van der Waals surface area contributed by atoms with Crippen LogP contribution < -0.4 is 0 Å². The van der Waals surface area contributed by atoms with E-state index in [1.807, 2.05) is 0 Å². The zero-order valence-electron chi connectivity index (χ0n) is 16.0. The number of fused-ring (bicyclic) bond motifs is 1. The first-order valence-electron chi connectivity index (χ1n) is 8.55. The van der Waals surface area contributed by atoms with Crippen molar-refractivity contribution in [3.05, 3.63) is 69.5 Å². The van der Waals surface area contributed by atoms with Gasteiger partial charge in [-0.3, -0.25) is 14.9 Å². The van der Waals surface area contributed by atoms with Crippen LogP contribution in [0.3, 0.4) is 0 Å². The van der Waals surface area contributed by atoms with Gasteiger partial charge in [0.25, 0.3) is 15.7 Å². The van der Waals surface area contributed by atoms with E-state index in [1.165, 1.54) is 43.0 Å². The first kappa shape index (κ1) is 20.9. The van der Waals surface area contributed by atoms with Crippen molar-refractivity contribution in [1.29, 1.82) is 0 Å². The average Bonchev–Trinajstić information content (AvgIpc) is 3.07. The number of carboxylic acids is 1. The number of aromatic nitrogens is 2. The number of carboxylic acid groups (broad SMARTS) is 1. The summed E-state index contributed by atoms with van der Waals surface area (Å²) in [5.74, 6) is -0.979. The first-order chi connectivity index (χ1) is 14.1. The van der Waals surface area contributed by atoms with E-state index in [9.17, 15) is 23.3 Å². The quantitative estimate of drug-likeness (QED) is 0.341. The predicted octanol–water partition coefficient (Wildman–Crippen LogP) is 1.83. The molecule has 0 amide bonds. The van der Waals surface area contributed by atoms with Crippen LogP contribution in [-0.4, -0.2) is 51.7 Å². The molecular formula is C18H17N5O6S. The van der Waals surface area contributed by atoms with E-state index in [1.54, 1.807) is 18.3 Å². The number of sulfonamides is 1. The Labute approximate surface area is 171 Å². The highest BCUT2D eigenvalue weighted by atomic mass is 32.2. The highest BCUT2D eigenvalue weighted by Gasteiger charge is 2.24. The van der Waals surface area contributed by atoms with Crippen LogP contribution in [-0.2, 0) is 21.2 Å². The minimum atomic E-state index is -4.13. The number of rotatable bonds is 7. The van der Waals surface area contributed by atoms with Crippen molar-refractivity contribution in [2.24, 2.45) is 5.10 Å². The maximum absolute atomic E-state index is 12.8. The minimum absolute atomic E-state index is 0.168. The molecule has 1 aromatic carbocycles. The number of aryl methyl sites for hydroxylation is 1. The summed E-state index contributed by atoms with van der Waals surface area (Å²) in [6, 6.07) is 6.83. The van der Waals surface area contributed by atoms with E-state index >= 15 is 0 Å². The Morgan fingerprint density at radius 3 is 2.77 bits per heavy atom. The second kappa shape index (κ2) is 7.91. The number of carbonyl (C=O) groups is 1. The fraction of sp³-hybridized carbons (Fsp3) is 0.167. The number of nitrogens with zero attached hydrogens (tertiary/aromatic N) is 5. The smallest absolute Gasteiger partial charge is 0.307 e. The third kappa shape index (κ3) is 4.12. The fourth-order valence-corrected chi connectivity index (χ4v) is 3.96. The van der Waals surface area contributed by atoms with Gasteiger partial charge in [-0.1, -0.05) is 6.07 Å². The molecule has 0 atom stereocenters. The lowest BCUT2D eigenvalue weighted by Gasteiger charge is -2.15. The van der Waals surface area contributed by atoms with Crippen molar-refractivity contribution >= 4 is 33.4 Å². The van der Waals surface area contributed by atoms with E-state index < -0.39 is 20.9 Å². The molecule has 0 aliphatic carbocycles. The molecule has 0 spiro atoms. The van der Waals surface area contributed by atoms with Crippen LogP contribution in [0, 0.1) is 17.0 Å². The number of hydrogen-bond donors (Lipinski definition) is 1. The second-order valence-electron chi connectivity index (χ2n) is 6.43. The van der Waals surface area contributed by atoms with Crippen molar-refractivity contribution < 1.29 is 23.2 Å². The van der Waals surface area contributed by atoms with Crippen molar-refractivity contribution in [1.82, 2.24) is 14.0 Å². The van der Waals surface area contributed by atoms with Gasteiger partial charge in [-0.25, -0.2) is 4.52 Å².